The summed E-state index contributed by atoms with van der Waals surface area (Å²) in [4.78, 5) is 37.6. The van der Waals surface area contributed by atoms with Crippen molar-refractivity contribution in [1.29, 1.82) is 10.5 Å². The molecule has 0 fully saturated rings. The number of ether oxygens (including phenoxy) is 3. The first-order valence-corrected chi connectivity index (χ1v) is 16.9. The third-order valence-electron chi connectivity index (χ3n) is 7.56. The molecule has 0 aliphatic heterocycles. The van der Waals surface area contributed by atoms with Crippen LogP contribution >= 0.6 is 0 Å². The Morgan fingerprint density at radius 1 is 0.568 bits per heavy atom. The van der Waals surface area contributed by atoms with E-state index in [1.165, 1.54) is 84.2 Å². The van der Waals surface area contributed by atoms with Crippen LogP contribution in [0.25, 0.3) is 0 Å². The lowest BCUT2D eigenvalue weighted by Crippen LogP contribution is -2.22. The summed E-state index contributed by atoms with van der Waals surface area (Å²) in [5, 5.41) is 19.4. The summed E-state index contributed by atoms with van der Waals surface area (Å²) in [6, 6.07) is 3.52. The second-order valence-electron chi connectivity index (χ2n) is 11.4. The highest BCUT2D eigenvalue weighted by Crippen LogP contribution is 2.21. The summed E-state index contributed by atoms with van der Waals surface area (Å²) in [6.07, 6.45) is 23.0. The number of hydrogen-bond donors (Lipinski definition) is 0. The minimum Gasteiger partial charge on any atom is -0.467 e. The van der Waals surface area contributed by atoms with E-state index in [0.717, 1.165) is 38.5 Å². The van der Waals surface area contributed by atoms with Crippen LogP contribution in [-0.2, 0) is 19.1 Å². The molecule has 0 N–H and O–H groups in total. The number of nitriles is 2. The van der Waals surface area contributed by atoms with Gasteiger partial charge in [0.1, 0.15) is 0 Å². The van der Waals surface area contributed by atoms with Crippen LogP contribution in [0.5, 0.6) is 6.01 Å². The lowest BCUT2D eigenvalue weighted by atomic mass is 10.1. The maximum atomic E-state index is 12.7. The van der Waals surface area contributed by atoms with Gasteiger partial charge < -0.3 is 14.2 Å². The topological polar surface area (TPSA) is 148 Å². The fourth-order valence-corrected chi connectivity index (χ4v) is 4.86. The SMILES string of the molecule is CCCCCCCCCCCCOC(=O)C(C#N)c1nc(OC)nc(C(C#N)C(=O)OCCCCCCCCCCCC)n1. The highest BCUT2D eigenvalue weighted by molar-refractivity contribution is 5.81. The van der Waals surface area contributed by atoms with Crippen LogP contribution < -0.4 is 4.74 Å². The zero-order valence-corrected chi connectivity index (χ0v) is 27.5. The quantitative estimate of drug-likeness (QED) is 0.0705. The summed E-state index contributed by atoms with van der Waals surface area (Å²) in [7, 11) is 1.30. The van der Waals surface area contributed by atoms with Crippen molar-refractivity contribution in [1.82, 2.24) is 15.0 Å². The Hall–Kier alpha value is -3.27. The highest BCUT2D eigenvalue weighted by Gasteiger charge is 2.31. The molecule has 2 unspecified atom stereocenters. The Morgan fingerprint density at radius 3 is 1.18 bits per heavy atom. The lowest BCUT2D eigenvalue weighted by molar-refractivity contribution is -0.145. The number of carbonyl (C=O) groups excluding carboxylic acids is 2. The van der Waals surface area contributed by atoms with E-state index >= 15 is 0 Å². The van der Waals surface area contributed by atoms with E-state index in [2.05, 4.69) is 28.8 Å². The molecule has 10 heteroatoms. The van der Waals surface area contributed by atoms with Gasteiger partial charge in [0.05, 0.1) is 32.5 Å². The molecular formula is C34H55N5O5. The van der Waals surface area contributed by atoms with Gasteiger partial charge in [-0.2, -0.15) is 20.5 Å². The van der Waals surface area contributed by atoms with Crippen molar-refractivity contribution in [2.75, 3.05) is 20.3 Å². The second-order valence-corrected chi connectivity index (χ2v) is 11.4. The van der Waals surface area contributed by atoms with Crippen molar-refractivity contribution in [3.8, 4) is 18.1 Å². The second kappa shape index (κ2) is 26.2. The molecule has 1 aromatic rings. The molecule has 0 amide bonds. The summed E-state index contributed by atoms with van der Waals surface area (Å²) in [5.74, 6) is -4.94. The summed E-state index contributed by atoms with van der Waals surface area (Å²) >= 11 is 0. The molecule has 1 heterocycles. The fraction of sp³-hybridized carbons (Fsp3) is 0.794. The predicted octanol–water partition coefficient (Wildman–Crippen LogP) is 8.02. The van der Waals surface area contributed by atoms with Crippen LogP contribution in [-0.4, -0.2) is 47.2 Å². The minimum atomic E-state index is -1.45. The standard InChI is InChI=1S/C34H55N5O5/c1-4-6-8-10-12-14-16-18-20-22-24-43-32(40)28(26-35)30-37-31(39-34(38-30)42-3)29(27-36)33(41)44-25-23-21-19-17-15-13-11-9-7-5-2/h28-29H,4-25H2,1-3H3. The molecule has 0 saturated carbocycles. The molecule has 2 atom stereocenters. The van der Waals surface area contributed by atoms with E-state index < -0.39 is 23.8 Å². The van der Waals surface area contributed by atoms with Gasteiger partial charge in [-0.1, -0.05) is 129 Å². The molecule has 10 nitrogen and oxygen atoms in total. The number of aromatic nitrogens is 3. The summed E-state index contributed by atoms with van der Waals surface area (Å²) < 4.78 is 15.8. The van der Waals surface area contributed by atoms with Crippen molar-refractivity contribution in [2.45, 2.75) is 154 Å². The monoisotopic (exact) mass is 613 g/mol. The van der Waals surface area contributed by atoms with E-state index in [1.54, 1.807) is 0 Å². The largest absolute Gasteiger partial charge is 0.467 e. The molecule has 44 heavy (non-hydrogen) atoms. The molecule has 0 radical (unpaired) electrons. The summed E-state index contributed by atoms with van der Waals surface area (Å²) in [5.41, 5.74) is 0. The minimum absolute atomic E-state index is 0.189. The van der Waals surface area contributed by atoms with Crippen molar-refractivity contribution >= 4 is 11.9 Å². The average Bonchev–Trinajstić information content (AvgIpc) is 3.03. The van der Waals surface area contributed by atoms with Gasteiger partial charge in [0, 0.05) is 0 Å². The average molecular weight is 614 g/mol. The first-order valence-electron chi connectivity index (χ1n) is 16.9. The number of nitrogens with zero attached hydrogens (tertiary/aromatic N) is 5. The van der Waals surface area contributed by atoms with E-state index in [1.807, 2.05) is 12.1 Å². The first kappa shape index (κ1) is 38.8. The predicted molar refractivity (Wildman–Crippen MR) is 169 cm³/mol. The van der Waals surface area contributed by atoms with Gasteiger partial charge in [0.2, 0.25) is 11.8 Å². The molecule has 0 aliphatic rings. The Balaban J connectivity index is 2.53. The van der Waals surface area contributed by atoms with Crippen molar-refractivity contribution in [3.63, 3.8) is 0 Å². The van der Waals surface area contributed by atoms with Crippen LogP contribution in [0.1, 0.15) is 166 Å². The van der Waals surface area contributed by atoms with Crippen molar-refractivity contribution in [3.05, 3.63) is 11.6 Å². The van der Waals surface area contributed by atoms with Crippen LogP contribution in [0.4, 0.5) is 0 Å². The molecule has 0 bridgehead atoms. The van der Waals surface area contributed by atoms with E-state index in [4.69, 9.17) is 14.2 Å². The normalized spacial score (nSPS) is 12.1. The zero-order chi connectivity index (χ0) is 32.3. The number of esters is 2. The maximum Gasteiger partial charge on any atom is 0.331 e. The van der Waals surface area contributed by atoms with E-state index in [-0.39, 0.29) is 30.9 Å². The van der Waals surface area contributed by atoms with Gasteiger partial charge in [-0.25, -0.2) is 4.98 Å². The van der Waals surface area contributed by atoms with Gasteiger partial charge in [0.15, 0.2) is 11.6 Å². The van der Waals surface area contributed by atoms with E-state index in [0.29, 0.717) is 12.8 Å². The molecular weight excluding hydrogens is 558 g/mol. The Bertz CT molecular complexity index is 933. The molecule has 0 aromatic carbocycles. The Morgan fingerprint density at radius 2 is 0.886 bits per heavy atom. The number of carbonyl (C=O) groups is 2. The Labute approximate surface area is 265 Å². The van der Waals surface area contributed by atoms with Gasteiger partial charge in [-0.3, -0.25) is 9.59 Å². The van der Waals surface area contributed by atoms with Gasteiger partial charge in [0.25, 0.3) is 0 Å². The lowest BCUT2D eigenvalue weighted by Gasteiger charge is -2.13. The van der Waals surface area contributed by atoms with Crippen LogP contribution in [0, 0.1) is 22.7 Å². The number of hydrogen-bond acceptors (Lipinski definition) is 10. The van der Waals surface area contributed by atoms with Crippen molar-refractivity contribution in [2.24, 2.45) is 0 Å². The number of methoxy groups -OCH3 is 1. The Kier molecular flexibility index (Phi) is 23.0. The van der Waals surface area contributed by atoms with Gasteiger partial charge in [-0.15, -0.1) is 0 Å². The third kappa shape index (κ3) is 17.1. The third-order valence-corrected chi connectivity index (χ3v) is 7.56. The smallest absolute Gasteiger partial charge is 0.331 e. The molecule has 1 rings (SSSR count). The van der Waals surface area contributed by atoms with Crippen LogP contribution in [0.15, 0.2) is 0 Å². The highest BCUT2D eigenvalue weighted by atomic mass is 16.5. The molecule has 0 saturated heterocycles. The van der Waals surface area contributed by atoms with Gasteiger partial charge >= 0.3 is 17.9 Å². The van der Waals surface area contributed by atoms with Crippen molar-refractivity contribution < 1.29 is 23.8 Å². The zero-order valence-electron chi connectivity index (χ0n) is 27.5. The molecule has 1 aromatic heterocycles. The number of rotatable bonds is 27. The first-order chi connectivity index (χ1) is 21.5. The van der Waals surface area contributed by atoms with Crippen LogP contribution in [0.3, 0.4) is 0 Å². The maximum absolute atomic E-state index is 12.7. The van der Waals surface area contributed by atoms with Crippen LogP contribution in [0.2, 0.25) is 0 Å². The molecule has 0 aliphatic carbocycles. The molecule has 0 spiro atoms. The molecule has 246 valence electrons. The fourth-order valence-electron chi connectivity index (χ4n) is 4.86. The van der Waals surface area contributed by atoms with E-state index in [9.17, 15) is 20.1 Å². The van der Waals surface area contributed by atoms with Gasteiger partial charge in [-0.05, 0) is 12.8 Å². The summed E-state index contributed by atoms with van der Waals surface area (Å²) in [6.45, 7) is 4.81. The number of unbranched alkanes of at least 4 members (excludes halogenated alkanes) is 18.